The van der Waals surface area contributed by atoms with Crippen LogP contribution >= 0.6 is 0 Å². The lowest BCUT2D eigenvalue weighted by atomic mass is 10.2. The van der Waals surface area contributed by atoms with Crippen molar-refractivity contribution in [2.24, 2.45) is 0 Å². The van der Waals surface area contributed by atoms with Crippen LogP contribution in [0.1, 0.15) is 12.1 Å². The highest BCUT2D eigenvalue weighted by molar-refractivity contribution is 5.95. The molecule has 2 atom stereocenters. The number of carbonyl (C=O) groups excluding carboxylic acids is 1. The second kappa shape index (κ2) is 7.05. The molecule has 10 nitrogen and oxygen atoms in total. The van der Waals surface area contributed by atoms with Crippen molar-refractivity contribution in [2.45, 2.75) is 25.4 Å². The molecule has 5 rings (SSSR count). The summed E-state index contributed by atoms with van der Waals surface area (Å²) < 4.78 is 10.5. The van der Waals surface area contributed by atoms with E-state index in [4.69, 9.17) is 19.4 Å². The first-order chi connectivity index (χ1) is 14.6. The van der Waals surface area contributed by atoms with Crippen LogP contribution in [0.2, 0.25) is 0 Å². The molecule has 2 aliphatic heterocycles. The van der Waals surface area contributed by atoms with Crippen LogP contribution in [0.4, 0.5) is 22.4 Å². The molecule has 2 fully saturated rings. The van der Waals surface area contributed by atoms with Crippen molar-refractivity contribution < 1.29 is 14.3 Å². The predicted molar refractivity (Wildman–Crippen MR) is 111 cm³/mol. The zero-order chi connectivity index (χ0) is 20.8. The number of carbonyl (C=O) groups is 1. The number of hydrogen-bond acceptors (Lipinski definition) is 8. The van der Waals surface area contributed by atoms with Crippen molar-refractivity contribution in [3.05, 3.63) is 30.0 Å². The smallest absolute Gasteiger partial charge is 0.409 e. The number of hydrogen-bond donors (Lipinski definition) is 2. The summed E-state index contributed by atoms with van der Waals surface area (Å²) in [6.45, 7) is 3.19. The lowest BCUT2D eigenvalue weighted by Crippen LogP contribution is -2.49. The van der Waals surface area contributed by atoms with Gasteiger partial charge in [0.25, 0.3) is 0 Å². The average Bonchev–Trinajstić information content (AvgIpc) is 3.48. The fourth-order valence-corrected chi connectivity index (χ4v) is 4.37. The number of aryl methyl sites for hydroxylation is 1. The topological polar surface area (TPSA) is 108 Å². The maximum atomic E-state index is 12.0. The Kier molecular flexibility index (Phi) is 4.34. The van der Waals surface area contributed by atoms with Gasteiger partial charge in [0.1, 0.15) is 22.9 Å². The van der Waals surface area contributed by atoms with E-state index in [0.29, 0.717) is 30.6 Å². The molecule has 0 saturated carbocycles. The molecule has 2 aromatic heterocycles. The van der Waals surface area contributed by atoms with Gasteiger partial charge >= 0.3 is 6.09 Å². The number of rotatable bonds is 4. The van der Waals surface area contributed by atoms with Gasteiger partial charge in [0, 0.05) is 24.5 Å². The Morgan fingerprint density at radius 1 is 1.23 bits per heavy atom. The Morgan fingerprint density at radius 3 is 2.77 bits per heavy atom. The molecule has 0 radical (unpaired) electrons. The Labute approximate surface area is 173 Å². The van der Waals surface area contributed by atoms with E-state index < -0.39 is 0 Å². The molecule has 1 aromatic carbocycles. The molecule has 4 heterocycles. The van der Waals surface area contributed by atoms with E-state index in [9.17, 15) is 4.79 Å². The summed E-state index contributed by atoms with van der Waals surface area (Å²) in [7, 11) is 3.05. The van der Waals surface area contributed by atoms with E-state index in [2.05, 4.69) is 20.4 Å². The third kappa shape index (κ3) is 2.95. The van der Waals surface area contributed by atoms with Crippen LogP contribution in [-0.4, -0.2) is 70.6 Å². The molecule has 3 aromatic rings. The van der Waals surface area contributed by atoms with Gasteiger partial charge in [-0.05, 0) is 25.5 Å². The number of aromatic amines is 1. The van der Waals surface area contributed by atoms with Crippen LogP contribution in [0.3, 0.4) is 0 Å². The zero-order valence-corrected chi connectivity index (χ0v) is 17.0. The highest BCUT2D eigenvalue weighted by atomic mass is 16.5. The Hall–Kier alpha value is -3.56. The first-order valence-corrected chi connectivity index (χ1v) is 9.82. The monoisotopic (exact) mass is 409 g/mol. The number of nitrogens with zero attached hydrogens (tertiary/aromatic N) is 5. The standard InChI is InChI=1S/C20H23N7O3/c1-11-7-16(25-24-11)21-18-14-5-4-6-15(29-2)17(14)22-19(23-18)26-9-13-8-12(26)10-27(13)20(28)30-3/h4-7,12-13H,8-10H2,1-3H3,(H2,21,22,23,24,25)/t12-,13-/m0/s1. The number of nitrogens with one attached hydrogen (secondary N) is 2. The number of amides is 1. The summed E-state index contributed by atoms with van der Waals surface area (Å²) in [4.78, 5) is 25.6. The number of benzene rings is 1. The maximum Gasteiger partial charge on any atom is 0.409 e. The van der Waals surface area contributed by atoms with Gasteiger partial charge in [-0.15, -0.1) is 0 Å². The maximum absolute atomic E-state index is 12.0. The van der Waals surface area contributed by atoms with Crippen molar-refractivity contribution in [3.63, 3.8) is 0 Å². The lowest BCUT2D eigenvalue weighted by molar-refractivity contribution is 0.116. The molecule has 1 amide bonds. The number of para-hydroxylation sites is 1. The van der Waals surface area contributed by atoms with Gasteiger partial charge in [-0.1, -0.05) is 6.07 Å². The third-order valence-electron chi connectivity index (χ3n) is 5.76. The highest BCUT2D eigenvalue weighted by Gasteiger charge is 2.47. The van der Waals surface area contributed by atoms with E-state index in [1.165, 1.54) is 7.11 Å². The van der Waals surface area contributed by atoms with E-state index in [-0.39, 0.29) is 18.2 Å². The zero-order valence-electron chi connectivity index (χ0n) is 17.0. The SMILES string of the molecule is COC(=O)N1C[C@@H]2C[C@H]1CN2c1nc(Nc2cc(C)n[nH]2)c2cccc(OC)c2n1. The number of ether oxygens (including phenoxy) is 2. The summed E-state index contributed by atoms with van der Waals surface area (Å²) in [6, 6.07) is 7.94. The number of fused-ring (bicyclic) bond motifs is 3. The van der Waals surface area contributed by atoms with Crippen LogP contribution in [0, 0.1) is 6.92 Å². The summed E-state index contributed by atoms with van der Waals surface area (Å²) >= 11 is 0. The largest absolute Gasteiger partial charge is 0.494 e. The number of likely N-dealkylation sites (tertiary alicyclic amines) is 1. The second-order valence-corrected chi connectivity index (χ2v) is 7.59. The van der Waals surface area contributed by atoms with Gasteiger partial charge in [-0.25, -0.2) is 9.78 Å². The summed E-state index contributed by atoms with van der Waals surface area (Å²) in [5.41, 5.74) is 1.62. The van der Waals surface area contributed by atoms with Crippen LogP contribution in [-0.2, 0) is 4.74 Å². The van der Waals surface area contributed by atoms with Gasteiger partial charge in [0.15, 0.2) is 0 Å². The number of H-pyrrole nitrogens is 1. The number of piperazine rings is 1. The quantitative estimate of drug-likeness (QED) is 0.676. The minimum absolute atomic E-state index is 0.103. The van der Waals surface area contributed by atoms with Gasteiger partial charge in [-0.3, -0.25) is 5.10 Å². The van der Waals surface area contributed by atoms with E-state index in [1.54, 1.807) is 12.0 Å². The predicted octanol–water partition coefficient (Wildman–Crippen LogP) is 2.44. The van der Waals surface area contributed by atoms with Crippen LogP contribution in [0.25, 0.3) is 10.9 Å². The molecule has 0 unspecified atom stereocenters. The molecule has 0 aliphatic carbocycles. The van der Waals surface area contributed by atoms with Crippen molar-refractivity contribution >= 4 is 34.6 Å². The summed E-state index contributed by atoms with van der Waals surface area (Å²) in [5, 5.41) is 11.3. The fourth-order valence-electron chi connectivity index (χ4n) is 4.37. The molecule has 2 N–H and O–H groups in total. The van der Waals surface area contributed by atoms with Crippen LogP contribution < -0.4 is 15.0 Å². The van der Waals surface area contributed by atoms with Crippen LogP contribution in [0.15, 0.2) is 24.3 Å². The minimum Gasteiger partial charge on any atom is -0.494 e. The Bertz CT molecular complexity index is 1110. The molecule has 2 aliphatic rings. The molecule has 2 saturated heterocycles. The number of methoxy groups -OCH3 is 2. The normalized spacial score (nSPS) is 20.1. The molecule has 10 heteroatoms. The van der Waals surface area contributed by atoms with Gasteiger partial charge in [0.2, 0.25) is 5.95 Å². The van der Waals surface area contributed by atoms with Crippen molar-refractivity contribution in [1.82, 2.24) is 25.1 Å². The Balaban J connectivity index is 1.54. The first kappa shape index (κ1) is 18.5. The van der Waals surface area contributed by atoms with E-state index in [1.807, 2.05) is 31.2 Å². The Morgan fingerprint density at radius 2 is 2.10 bits per heavy atom. The molecule has 0 spiro atoms. The summed E-state index contributed by atoms with van der Waals surface area (Å²) in [5.74, 6) is 2.72. The third-order valence-corrected chi connectivity index (χ3v) is 5.76. The highest BCUT2D eigenvalue weighted by Crippen LogP contribution is 2.37. The molecule has 30 heavy (non-hydrogen) atoms. The molecule has 156 valence electrons. The van der Waals surface area contributed by atoms with Crippen molar-refractivity contribution in [1.29, 1.82) is 0 Å². The average molecular weight is 409 g/mol. The molecule has 2 bridgehead atoms. The number of anilines is 3. The molecular formula is C20H23N7O3. The lowest BCUT2D eigenvalue weighted by Gasteiger charge is -2.33. The minimum atomic E-state index is -0.278. The van der Waals surface area contributed by atoms with Crippen LogP contribution in [0.5, 0.6) is 5.75 Å². The summed E-state index contributed by atoms with van der Waals surface area (Å²) in [6.07, 6.45) is 0.602. The first-order valence-electron chi connectivity index (χ1n) is 9.82. The number of aromatic nitrogens is 4. The van der Waals surface area contributed by atoms with Crippen molar-refractivity contribution in [2.75, 3.05) is 37.5 Å². The van der Waals surface area contributed by atoms with Gasteiger partial charge < -0.3 is 24.6 Å². The van der Waals surface area contributed by atoms with E-state index in [0.717, 1.165) is 28.8 Å². The van der Waals surface area contributed by atoms with Gasteiger partial charge in [0.05, 0.1) is 32.0 Å². The van der Waals surface area contributed by atoms with Gasteiger partial charge in [-0.2, -0.15) is 10.1 Å². The fraction of sp³-hybridized carbons (Fsp3) is 0.400. The van der Waals surface area contributed by atoms with E-state index >= 15 is 0 Å². The second-order valence-electron chi connectivity index (χ2n) is 7.59. The van der Waals surface area contributed by atoms with Crippen molar-refractivity contribution in [3.8, 4) is 5.75 Å². The molecular weight excluding hydrogens is 386 g/mol.